The van der Waals surface area contributed by atoms with E-state index in [1.807, 2.05) is 6.92 Å². The summed E-state index contributed by atoms with van der Waals surface area (Å²) < 4.78 is 28.4. The number of sulfonamides is 1. The van der Waals surface area contributed by atoms with Crippen molar-refractivity contribution in [1.29, 1.82) is 0 Å². The topological polar surface area (TPSA) is 98.8 Å². The predicted molar refractivity (Wildman–Crippen MR) is 150 cm³/mol. The summed E-state index contributed by atoms with van der Waals surface area (Å²) in [7, 11) is -3.86. The van der Waals surface area contributed by atoms with Gasteiger partial charge in [-0.1, -0.05) is 42.3 Å². The Kier molecular flexibility index (Phi) is 8.69. The first-order chi connectivity index (χ1) is 18.8. The highest BCUT2D eigenvalue weighted by Crippen LogP contribution is 2.31. The summed E-state index contributed by atoms with van der Waals surface area (Å²) in [6.07, 6.45) is 6.60. The molecule has 3 aliphatic rings. The number of nitrogens with one attached hydrogen (secondary N) is 2. The van der Waals surface area contributed by atoms with Crippen LogP contribution in [0.1, 0.15) is 73.2 Å². The van der Waals surface area contributed by atoms with Gasteiger partial charge >= 0.3 is 0 Å². The van der Waals surface area contributed by atoms with Crippen LogP contribution in [0.15, 0.2) is 47.4 Å². The third kappa shape index (κ3) is 6.70. The molecule has 2 amide bonds. The van der Waals surface area contributed by atoms with Crippen molar-refractivity contribution < 1.29 is 18.0 Å². The largest absolute Gasteiger partial charge is 0.355 e. The average Bonchev–Trinajstić information content (AvgIpc) is 3.10. The van der Waals surface area contributed by atoms with Crippen LogP contribution in [-0.2, 0) is 32.6 Å². The standard InChI is InChI=1S/C30H40N4O4S/c1-22-8-11-26(12-9-22)39(37,38)34-17-14-31-29(35)19-25(34)20-30(36)32-28-7-5-6-24-18-23(10-13-27(24)28)21-33-15-3-2-4-16-33/h8-13,18,25,28H,2-7,14-17,19-21H2,1H3,(H,31,35)(H,32,36)/t25-,28?/m1/s1. The summed E-state index contributed by atoms with van der Waals surface area (Å²) in [6, 6.07) is 12.5. The first-order valence-corrected chi connectivity index (χ1v) is 15.7. The van der Waals surface area contributed by atoms with Crippen molar-refractivity contribution in [2.24, 2.45) is 0 Å². The van der Waals surface area contributed by atoms with Crippen molar-refractivity contribution in [3.8, 4) is 0 Å². The van der Waals surface area contributed by atoms with Crippen molar-refractivity contribution >= 4 is 21.8 Å². The summed E-state index contributed by atoms with van der Waals surface area (Å²) in [5.41, 5.74) is 4.73. The van der Waals surface area contributed by atoms with Crippen LogP contribution >= 0.6 is 0 Å². The quantitative estimate of drug-likeness (QED) is 0.548. The van der Waals surface area contributed by atoms with Gasteiger partial charge in [-0.3, -0.25) is 14.5 Å². The second kappa shape index (κ2) is 12.2. The molecule has 2 heterocycles. The molecule has 0 radical (unpaired) electrons. The zero-order valence-electron chi connectivity index (χ0n) is 22.8. The van der Waals surface area contributed by atoms with Gasteiger partial charge < -0.3 is 10.6 Å². The molecule has 2 saturated heterocycles. The number of nitrogens with zero attached hydrogens (tertiary/aromatic N) is 2. The molecule has 39 heavy (non-hydrogen) atoms. The number of hydrogen-bond acceptors (Lipinski definition) is 5. The fraction of sp³-hybridized carbons (Fsp3) is 0.533. The molecule has 2 N–H and O–H groups in total. The molecule has 210 valence electrons. The van der Waals surface area contributed by atoms with Gasteiger partial charge in [0.05, 0.1) is 10.9 Å². The molecule has 2 fully saturated rings. The molecular weight excluding hydrogens is 512 g/mol. The van der Waals surface area contributed by atoms with Gasteiger partial charge in [0, 0.05) is 38.5 Å². The zero-order valence-corrected chi connectivity index (χ0v) is 23.6. The van der Waals surface area contributed by atoms with Crippen LogP contribution < -0.4 is 10.6 Å². The summed E-state index contributed by atoms with van der Waals surface area (Å²) in [6.45, 7) is 5.54. The van der Waals surface area contributed by atoms with Gasteiger partial charge in [0.2, 0.25) is 21.8 Å². The lowest BCUT2D eigenvalue weighted by molar-refractivity contribution is -0.123. The minimum atomic E-state index is -3.86. The number of carbonyl (C=O) groups excluding carboxylic acids is 2. The Balaban J connectivity index is 1.28. The first-order valence-electron chi connectivity index (χ1n) is 14.3. The van der Waals surface area contributed by atoms with E-state index >= 15 is 0 Å². The number of carbonyl (C=O) groups is 2. The van der Waals surface area contributed by atoms with Crippen molar-refractivity contribution in [2.75, 3.05) is 26.2 Å². The van der Waals surface area contributed by atoms with Crippen molar-refractivity contribution in [1.82, 2.24) is 19.8 Å². The van der Waals surface area contributed by atoms with Crippen molar-refractivity contribution in [3.05, 3.63) is 64.7 Å². The molecule has 0 spiro atoms. The first kappa shape index (κ1) is 27.8. The van der Waals surface area contributed by atoms with E-state index in [1.165, 1.54) is 34.7 Å². The Morgan fingerprint density at radius 3 is 2.56 bits per heavy atom. The second-order valence-corrected chi connectivity index (χ2v) is 13.1. The lowest BCUT2D eigenvalue weighted by Crippen LogP contribution is -2.44. The molecule has 5 rings (SSSR count). The maximum absolute atomic E-state index is 13.5. The molecule has 0 saturated carbocycles. The Morgan fingerprint density at radius 2 is 1.79 bits per heavy atom. The van der Waals surface area contributed by atoms with Crippen molar-refractivity contribution in [3.63, 3.8) is 0 Å². The van der Waals surface area contributed by atoms with Crippen LogP contribution in [0.2, 0.25) is 0 Å². The van der Waals surface area contributed by atoms with E-state index in [4.69, 9.17) is 0 Å². The van der Waals surface area contributed by atoms with Crippen LogP contribution in [0.4, 0.5) is 0 Å². The third-order valence-corrected chi connectivity index (χ3v) is 10.2. The minimum absolute atomic E-state index is 0.0420. The summed E-state index contributed by atoms with van der Waals surface area (Å²) in [5, 5.41) is 5.93. The molecule has 2 aromatic carbocycles. The molecule has 8 nitrogen and oxygen atoms in total. The summed E-state index contributed by atoms with van der Waals surface area (Å²) >= 11 is 0. The Labute approximate surface area is 232 Å². The van der Waals surface area contributed by atoms with E-state index in [0.717, 1.165) is 50.0 Å². The smallest absolute Gasteiger partial charge is 0.243 e. The van der Waals surface area contributed by atoms with E-state index in [1.54, 1.807) is 24.3 Å². The monoisotopic (exact) mass is 552 g/mol. The van der Waals surface area contributed by atoms with E-state index < -0.39 is 16.1 Å². The van der Waals surface area contributed by atoms with E-state index in [2.05, 4.69) is 33.7 Å². The van der Waals surface area contributed by atoms with Gasteiger partial charge in [0.1, 0.15) is 0 Å². The fourth-order valence-electron chi connectivity index (χ4n) is 6.17. The average molecular weight is 553 g/mol. The Bertz CT molecular complexity index is 1290. The number of piperidine rings is 1. The highest BCUT2D eigenvalue weighted by molar-refractivity contribution is 7.89. The Morgan fingerprint density at radius 1 is 1.03 bits per heavy atom. The van der Waals surface area contributed by atoms with Crippen LogP contribution in [0.5, 0.6) is 0 Å². The Hall–Kier alpha value is -2.75. The number of hydrogen-bond donors (Lipinski definition) is 2. The minimum Gasteiger partial charge on any atom is -0.355 e. The number of fused-ring (bicyclic) bond motifs is 1. The molecule has 1 aliphatic carbocycles. The van der Waals surface area contributed by atoms with Gasteiger partial charge in [0.25, 0.3) is 0 Å². The molecule has 1 unspecified atom stereocenters. The fourth-order valence-corrected chi connectivity index (χ4v) is 7.80. The van der Waals surface area contributed by atoms with Crippen LogP contribution in [0, 0.1) is 6.92 Å². The normalized spacial score (nSPS) is 22.9. The molecule has 2 aromatic rings. The van der Waals surface area contributed by atoms with Gasteiger partial charge in [-0.15, -0.1) is 0 Å². The third-order valence-electron chi connectivity index (χ3n) is 8.24. The number of rotatable bonds is 7. The highest BCUT2D eigenvalue weighted by Gasteiger charge is 2.36. The van der Waals surface area contributed by atoms with Gasteiger partial charge in [-0.25, -0.2) is 8.42 Å². The van der Waals surface area contributed by atoms with Gasteiger partial charge in [-0.05, 0) is 80.9 Å². The number of benzene rings is 2. The van der Waals surface area contributed by atoms with E-state index in [0.29, 0.717) is 0 Å². The van der Waals surface area contributed by atoms with Crippen LogP contribution in [0.3, 0.4) is 0 Å². The van der Waals surface area contributed by atoms with Gasteiger partial charge in [-0.2, -0.15) is 4.31 Å². The lowest BCUT2D eigenvalue weighted by atomic mass is 9.86. The molecule has 0 aromatic heterocycles. The second-order valence-electron chi connectivity index (χ2n) is 11.2. The van der Waals surface area contributed by atoms with Gasteiger partial charge in [0.15, 0.2) is 0 Å². The molecular formula is C30H40N4O4S. The zero-order chi connectivity index (χ0) is 27.4. The number of aryl methyl sites for hydroxylation is 2. The lowest BCUT2D eigenvalue weighted by Gasteiger charge is -2.31. The molecule has 9 heteroatoms. The number of amides is 2. The van der Waals surface area contributed by atoms with Crippen LogP contribution in [-0.4, -0.2) is 61.7 Å². The molecule has 2 aliphatic heterocycles. The predicted octanol–water partition coefficient (Wildman–Crippen LogP) is 3.44. The maximum atomic E-state index is 13.5. The molecule has 2 atom stereocenters. The summed E-state index contributed by atoms with van der Waals surface area (Å²) in [5.74, 6) is -0.465. The summed E-state index contributed by atoms with van der Waals surface area (Å²) in [4.78, 5) is 28.4. The highest BCUT2D eigenvalue weighted by atomic mass is 32.2. The van der Waals surface area contributed by atoms with Crippen molar-refractivity contribution in [2.45, 2.75) is 81.8 Å². The van der Waals surface area contributed by atoms with E-state index in [-0.39, 0.29) is 48.7 Å². The van der Waals surface area contributed by atoms with Crippen LogP contribution in [0.25, 0.3) is 0 Å². The maximum Gasteiger partial charge on any atom is 0.243 e. The SMILES string of the molecule is Cc1ccc(S(=O)(=O)N2CCNC(=O)C[C@@H]2CC(=O)NC2CCCc3cc(CN4CCCCC4)ccc32)cc1. The number of likely N-dealkylation sites (tertiary alicyclic amines) is 1. The molecule has 0 bridgehead atoms. The van der Waals surface area contributed by atoms with E-state index in [9.17, 15) is 18.0 Å².